The molecule has 54 valence electrons. The van der Waals surface area contributed by atoms with E-state index in [-0.39, 0.29) is 0 Å². The van der Waals surface area contributed by atoms with Crippen LogP contribution in [0.15, 0.2) is 0 Å². The second-order valence-corrected chi connectivity index (χ2v) is 5.56. The van der Waals surface area contributed by atoms with Crippen LogP contribution in [0.3, 0.4) is 0 Å². The standard InChI is InChI=1S/C8H12P2/c1-5-6(2)8(4)10-9-7(5)3/h1-4H3. The molecule has 0 aliphatic heterocycles. The Bertz CT molecular complexity index is 227. The normalized spacial score (nSPS) is 11.6. The lowest BCUT2D eigenvalue weighted by Crippen LogP contribution is -1.82. The first-order valence-electron chi connectivity index (χ1n) is 3.40. The molecule has 0 saturated carbocycles. The van der Waals surface area contributed by atoms with E-state index in [0.29, 0.717) is 0 Å². The molecule has 0 N–H and O–H groups in total. The Hall–Kier alpha value is 0.0800. The lowest BCUT2D eigenvalue weighted by atomic mass is 10.1. The quantitative estimate of drug-likeness (QED) is 0.550. The van der Waals surface area contributed by atoms with Crippen LogP contribution in [-0.2, 0) is 0 Å². The molecule has 10 heavy (non-hydrogen) atoms. The van der Waals surface area contributed by atoms with Crippen molar-refractivity contribution in [3.05, 3.63) is 21.7 Å². The van der Waals surface area contributed by atoms with E-state index < -0.39 is 0 Å². The summed E-state index contributed by atoms with van der Waals surface area (Å²) in [7, 11) is 2.95. The molecule has 0 aliphatic rings. The second-order valence-electron chi connectivity index (χ2n) is 2.62. The van der Waals surface area contributed by atoms with Crippen LogP contribution >= 0.6 is 15.7 Å². The highest BCUT2D eigenvalue weighted by Crippen LogP contribution is 2.33. The van der Waals surface area contributed by atoms with Crippen LogP contribution in [0, 0.1) is 27.7 Å². The van der Waals surface area contributed by atoms with E-state index in [1.54, 1.807) is 0 Å². The Kier molecular flexibility index (Phi) is 2.45. The molecule has 0 nitrogen and oxygen atoms in total. The van der Waals surface area contributed by atoms with Crippen LogP contribution in [0.5, 0.6) is 0 Å². The fourth-order valence-corrected chi connectivity index (χ4v) is 3.58. The van der Waals surface area contributed by atoms with Gasteiger partial charge in [0, 0.05) is 0 Å². The molecule has 0 aromatic carbocycles. The van der Waals surface area contributed by atoms with Gasteiger partial charge in [0.1, 0.15) is 0 Å². The highest BCUT2D eigenvalue weighted by atomic mass is 31.8. The molecule has 1 rings (SSSR count). The van der Waals surface area contributed by atoms with Crippen molar-refractivity contribution in [1.82, 2.24) is 0 Å². The average molecular weight is 170 g/mol. The maximum absolute atomic E-state index is 2.22. The topological polar surface area (TPSA) is 0 Å². The number of aryl methyl sites for hydroxylation is 2. The fraction of sp³-hybridized carbons (Fsp3) is 0.500. The van der Waals surface area contributed by atoms with E-state index in [9.17, 15) is 0 Å². The third-order valence-corrected chi connectivity index (χ3v) is 5.47. The van der Waals surface area contributed by atoms with Crippen molar-refractivity contribution in [3.63, 3.8) is 0 Å². The molecule has 1 heterocycles. The third-order valence-electron chi connectivity index (χ3n) is 2.00. The molecule has 0 amide bonds. The van der Waals surface area contributed by atoms with Gasteiger partial charge in [-0.3, -0.25) is 0 Å². The molecular weight excluding hydrogens is 158 g/mol. The van der Waals surface area contributed by atoms with Crippen LogP contribution in [0.1, 0.15) is 21.7 Å². The van der Waals surface area contributed by atoms with Crippen molar-refractivity contribution in [2.45, 2.75) is 27.7 Å². The summed E-state index contributed by atoms with van der Waals surface area (Å²) in [6, 6.07) is 0. The molecule has 0 unspecified atom stereocenters. The van der Waals surface area contributed by atoms with Crippen LogP contribution in [0.25, 0.3) is 0 Å². The van der Waals surface area contributed by atoms with Crippen LogP contribution in [-0.4, -0.2) is 0 Å². The molecule has 2 heteroatoms. The van der Waals surface area contributed by atoms with Crippen molar-refractivity contribution in [2.75, 3.05) is 0 Å². The van der Waals surface area contributed by atoms with Gasteiger partial charge in [0.2, 0.25) is 0 Å². The molecule has 0 atom stereocenters. The van der Waals surface area contributed by atoms with E-state index >= 15 is 0 Å². The zero-order chi connectivity index (χ0) is 7.72. The minimum Gasteiger partial charge on any atom is -0.0398 e. The van der Waals surface area contributed by atoms with Crippen molar-refractivity contribution < 1.29 is 0 Å². The minimum atomic E-state index is 1.47. The fourth-order valence-electron chi connectivity index (χ4n) is 0.843. The van der Waals surface area contributed by atoms with Crippen LogP contribution < -0.4 is 0 Å². The van der Waals surface area contributed by atoms with Gasteiger partial charge in [-0.25, -0.2) is 0 Å². The van der Waals surface area contributed by atoms with Crippen LogP contribution in [0.4, 0.5) is 0 Å². The number of hydrogen-bond acceptors (Lipinski definition) is 0. The first-order valence-corrected chi connectivity index (χ1v) is 5.89. The minimum absolute atomic E-state index is 1.47. The SMILES string of the molecule is Cc1ppc(C)c(C)c1C. The maximum Gasteiger partial charge on any atom is -0.0160 e. The summed E-state index contributed by atoms with van der Waals surface area (Å²) >= 11 is 0. The number of rotatable bonds is 0. The molecule has 1 aromatic rings. The Morgan fingerprint density at radius 1 is 0.700 bits per heavy atom. The summed E-state index contributed by atoms with van der Waals surface area (Å²) < 4.78 is 0. The molecule has 0 fully saturated rings. The lowest BCUT2D eigenvalue weighted by Gasteiger charge is -2.04. The molecule has 0 radical (unpaired) electrons. The lowest BCUT2D eigenvalue weighted by molar-refractivity contribution is 1.29. The Balaban J connectivity index is 3.34. The Morgan fingerprint density at radius 2 is 1.00 bits per heavy atom. The molecule has 1 aromatic heterocycles. The van der Waals surface area contributed by atoms with Gasteiger partial charge in [-0.2, -0.15) is 0 Å². The van der Waals surface area contributed by atoms with Gasteiger partial charge in [-0.1, -0.05) is 0 Å². The van der Waals surface area contributed by atoms with E-state index in [0.717, 1.165) is 0 Å². The van der Waals surface area contributed by atoms with Gasteiger partial charge >= 0.3 is 0 Å². The van der Waals surface area contributed by atoms with E-state index in [1.165, 1.54) is 37.5 Å². The molecule has 0 aliphatic carbocycles. The largest absolute Gasteiger partial charge is 0.0398 e. The summed E-state index contributed by atoms with van der Waals surface area (Å²) in [5.41, 5.74) is 3.00. The maximum atomic E-state index is 2.22. The third kappa shape index (κ3) is 1.39. The monoisotopic (exact) mass is 170 g/mol. The number of hydrogen-bond donors (Lipinski definition) is 0. The van der Waals surface area contributed by atoms with Gasteiger partial charge in [0.15, 0.2) is 0 Å². The molecular formula is C8H12P2. The van der Waals surface area contributed by atoms with Gasteiger partial charge in [-0.15, -0.1) is 0 Å². The summed E-state index contributed by atoms with van der Waals surface area (Å²) in [6.07, 6.45) is 0. The van der Waals surface area contributed by atoms with Crippen molar-refractivity contribution >= 4 is 15.7 Å². The zero-order valence-corrected chi connectivity index (χ0v) is 8.68. The highest BCUT2D eigenvalue weighted by Gasteiger charge is 1.98. The predicted octanol–water partition coefficient (Wildman–Crippen LogP) is 4.08. The van der Waals surface area contributed by atoms with Crippen molar-refractivity contribution in [3.8, 4) is 0 Å². The van der Waals surface area contributed by atoms with Gasteiger partial charge in [0.25, 0.3) is 0 Å². The summed E-state index contributed by atoms with van der Waals surface area (Å²) in [6.45, 7) is 8.88. The van der Waals surface area contributed by atoms with Gasteiger partial charge in [-0.05, 0) is 65.2 Å². The summed E-state index contributed by atoms with van der Waals surface area (Å²) in [4.78, 5) is 0. The highest BCUT2D eigenvalue weighted by molar-refractivity contribution is 7.90. The van der Waals surface area contributed by atoms with E-state index in [1.807, 2.05) is 0 Å². The second kappa shape index (κ2) is 2.99. The predicted molar refractivity (Wildman–Crippen MR) is 50.4 cm³/mol. The Morgan fingerprint density at radius 3 is 1.30 bits per heavy atom. The Labute approximate surface area is 65.8 Å². The van der Waals surface area contributed by atoms with Crippen molar-refractivity contribution in [1.29, 1.82) is 0 Å². The smallest absolute Gasteiger partial charge is 0.0160 e. The first kappa shape index (κ1) is 8.18. The van der Waals surface area contributed by atoms with E-state index in [2.05, 4.69) is 27.7 Å². The first-order chi connectivity index (χ1) is 4.63. The van der Waals surface area contributed by atoms with Gasteiger partial charge < -0.3 is 0 Å². The summed E-state index contributed by atoms with van der Waals surface area (Å²) in [5, 5.41) is 3.06. The van der Waals surface area contributed by atoms with E-state index in [4.69, 9.17) is 0 Å². The molecule has 0 bridgehead atoms. The van der Waals surface area contributed by atoms with Crippen molar-refractivity contribution in [2.24, 2.45) is 0 Å². The average Bonchev–Trinajstić information content (AvgIpc) is 1.93. The van der Waals surface area contributed by atoms with Gasteiger partial charge in [0.05, 0.1) is 0 Å². The zero-order valence-electron chi connectivity index (χ0n) is 6.89. The van der Waals surface area contributed by atoms with Crippen LogP contribution in [0.2, 0.25) is 0 Å². The molecule has 0 saturated heterocycles. The molecule has 0 spiro atoms. The summed E-state index contributed by atoms with van der Waals surface area (Å²) in [5.74, 6) is 0.